The number of hydrogen-bond donors (Lipinski definition) is 2. The number of fused-ring (bicyclic) bond motifs is 2. The van der Waals surface area contributed by atoms with E-state index in [4.69, 9.17) is 5.73 Å². The summed E-state index contributed by atoms with van der Waals surface area (Å²) in [6, 6.07) is 3.93. The van der Waals surface area contributed by atoms with E-state index in [2.05, 4.69) is 39.3 Å². The van der Waals surface area contributed by atoms with Crippen molar-refractivity contribution in [1.82, 2.24) is 19.9 Å². The van der Waals surface area contributed by atoms with Crippen LogP contribution >= 0.6 is 0 Å². The van der Waals surface area contributed by atoms with E-state index in [0.717, 1.165) is 41.2 Å². The zero-order valence-electron chi connectivity index (χ0n) is 12.9. The van der Waals surface area contributed by atoms with Gasteiger partial charge in [0.1, 0.15) is 0 Å². The van der Waals surface area contributed by atoms with E-state index in [0.29, 0.717) is 11.6 Å². The first-order valence-electron chi connectivity index (χ1n) is 7.33. The molecular formula is C16H20N6. The summed E-state index contributed by atoms with van der Waals surface area (Å²) in [6.07, 6.45) is 6.39. The van der Waals surface area contributed by atoms with Gasteiger partial charge in [-0.3, -0.25) is 4.98 Å². The molecule has 22 heavy (non-hydrogen) atoms. The lowest BCUT2D eigenvalue weighted by atomic mass is 10.1. The summed E-state index contributed by atoms with van der Waals surface area (Å²) in [6.45, 7) is 1.86. The number of hydrogen-bond acceptors (Lipinski definition) is 6. The Morgan fingerprint density at radius 3 is 2.91 bits per heavy atom. The van der Waals surface area contributed by atoms with Crippen LogP contribution in [0, 0.1) is 0 Å². The molecule has 0 aliphatic rings. The summed E-state index contributed by atoms with van der Waals surface area (Å²) in [4.78, 5) is 15.2. The fourth-order valence-electron chi connectivity index (χ4n) is 2.46. The van der Waals surface area contributed by atoms with Crippen LogP contribution in [0.25, 0.3) is 21.7 Å². The van der Waals surface area contributed by atoms with Crippen LogP contribution in [0.3, 0.4) is 0 Å². The molecule has 2 heterocycles. The van der Waals surface area contributed by atoms with E-state index in [9.17, 15) is 0 Å². The van der Waals surface area contributed by atoms with E-state index >= 15 is 0 Å². The normalized spacial score (nSPS) is 11.4. The van der Waals surface area contributed by atoms with Gasteiger partial charge in [-0.25, -0.2) is 9.97 Å². The summed E-state index contributed by atoms with van der Waals surface area (Å²) in [5.41, 5.74) is 7.72. The topological polar surface area (TPSA) is 80.0 Å². The molecule has 0 aliphatic carbocycles. The summed E-state index contributed by atoms with van der Waals surface area (Å²) >= 11 is 0. The van der Waals surface area contributed by atoms with Crippen LogP contribution in [0.1, 0.15) is 6.42 Å². The average Bonchev–Trinajstić information content (AvgIpc) is 2.52. The van der Waals surface area contributed by atoms with Gasteiger partial charge in [0.2, 0.25) is 5.95 Å². The molecule has 0 saturated heterocycles. The smallest absolute Gasteiger partial charge is 0.223 e. The number of rotatable bonds is 5. The van der Waals surface area contributed by atoms with Gasteiger partial charge in [-0.05, 0) is 39.2 Å². The second-order valence-electron chi connectivity index (χ2n) is 5.60. The second-order valence-corrected chi connectivity index (χ2v) is 5.60. The number of nitrogen functional groups attached to an aromatic ring is 1. The van der Waals surface area contributed by atoms with Crippen LogP contribution in [-0.2, 0) is 0 Å². The molecule has 0 amide bonds. The Labute approximate surface area is 129 Å². The number of pyridine rings is 1. The fraction of sp³-hybridized carbons (Fsp3) is 0.312. The number of benzene rings is 1. The largest absolute Gasteiger partial charge is 0.396 e. The highest BCUT2D eigenvalue weighted by Crippen LogP contribution is 2.28. The van der Waals surface area contributed by atoms with E-state index in [1.165, 1.54) is 0 Å². The lowest BCUT2D eigenvalue weighted by Gasteiger charge is -2.11. The molecule has 0 fully saturated rings. The summed E-state index contributed by atoms with van der Waals surface area (Å²) < 4.78 is 0. The molecule has 0 atom stereocenters. The first-order chi connectivity index (χ1) is 10.6. The number of nitrogens with one attached hydrogen (secondary N) is 1. The standard InChI is InChI=1S/C16H20N6/c1-22(2)7-3-5-19-16-20-10-12-8-11-9-18-6-4-13(11)14(17)15(12)21-16/h4,6,8-10H,3,5,7,17H2,1-2H3,(H,19,20,21). The molecule has 1 aromatic carbocycles. The Bertz CT molecular complexity index is 799. The molecular weight excluding hydrogens is 276 g/mol. The zero-order valence-corrected chi connectivity index (χ0v) is 12.9. The molecule has 0 spiro atoms. The van der Waals surface area contributed by atoms with Gasteiger partial charge in [0.25, 0.3) is 0 Å². The van der Waals surface area contributed by atoms with Crippen LogP contribution in [0.4, 0.5) is 11.6 Å². The average molecular weight is 296 g/mol. The van der Waals surface area contributed by atoms with Crippen LogP contribution in [0.5, 0.6) is 0 Å². The van der Waals surface area contributed by atoms with Crippen LogP contribution in [0.2, 0.25) is 0 Å². The number of aromatic nitrogens is 3. The Balaban J connectivity index is 1.89. The van der Waals surface area contributed by atoms with Crippen LogP contribution in [0.15, 0.2) is 30.7 Å². The minimum absolute atomic E-state index is 0.617. The summed E-state index contributed by atoms with van der Waals surface area (Å²) in [5.74, 6) is 0.617. The van der Waals surface area contributed by atoms with Gasteiger partial charge in [-0.15, -0.1) is 0 Å². The van der Waals surface area contributed by atoms with Gasteiger partial charge >= 0.3 is 0 Å². The predicted octanol–water partition coefficient (Wildman–Crippen LogP) is 2.12. The van der Waals surface area contributed by atoms with E-state index in [1.54, 1.807) is 18.6 Å². The van der Waals surface area contributed by atoms with Gasteiger partial charge in [0.05, 0.1) is 11.2 Å². The first-order valence-corrected chi connectivity index (χ1v) is 7.33. The molecule has 2 aromatic heterocycles. The molecule has 0 bridgehead atoms. The maximum atomic E-state index is 6.27. The van der Waals surface area contributed by atoms with Crippen LogP contribution < -0.4 is 11.1 Å². The number of anilines is 2. The Morgan fingerprint density at radius 2 is 2.09 bits per heavy atom. The van der Waals surface area contributed by atoms with Crippen molar-refractivity contribution in [2.45, 2.75) is 6.42 Å². The molecule has 6 nitrogen and oxygen atoms in total. The molecule has 3 aromatic rings. The second kappa shape index (κ2) is 6.11. The molecule has 0 unspecified atom stereocenters. The fourth-order valence-corrected chi connectivity index (χ4v) is 2.46. The monoisotopic (exact) mass is 296 g/mol. The van der Waals surface area contributed by atoms with Crippen molar-refractivity contribution >= 4 is 33.3 Å². The Hall–Kier alpha value is -2.47. The summed E-state index contributed by atoms with van der Waals surface area (Å²) in [7, 11) is 4.13. The molecule has 114 valence electrons. The van der Waals surface area contributed by atoms with Crippen molar-refractivity contribution < 1.29 is 0 Å². The number of nitrogens with two attached hydrogens (primary N) is 1. The highest BCUT2D eigenvalue weighted by atomic mass is 15.1. The lowest BCUT2D eigenvalue weighted by molar-refractivity contribution is 0.405. The van der Waals surface area contributed by atoms with Crippen molar-refractivity contribution in [2.24, 2.45) is 0 Å². The van der Waals surface area contributed by atoms with Crippen molar-refractivity contribution in [2.75, 3.05) is 38.2 Å². The summed E-state index contributed by atoms with van der Waals surface area (Å²) in [5, 5.41) is 6.15. The van der Waals surface area contributed by atoms with Crippen molar-refractivity contribution in [3.63, 3.8) is 0 Å². The van der Waals surface area contributed by atoms with E-state index < -0.39 is 0 Å². The third-order valence-electron chi connectivity index (χ3n) is 3.59. The van der Waals surface area contributed by atoms with Gasteiger partial charge in [-0.1, -0.05) is 0 Å². The third-order valence-corrected chi connectivity index (χ3v) is 3.59. The highest BCUT2D eigenvalue weighted by molar-refractivity contribution is 6.08. The third kappa shape index (κ3) is 2.92. The minimum atomic E-state index is 0.617. The zero-order chi connectivity index (χ0) is 15.5. The first kappa shape index (κ1) is 14.5. The van der Waals surface area contributed by atoms with Gasteiger partial charge in [0.15, 0.2) is 0 Å². The van der Waals surface area contributed by atoms with Crippen LogP contribution in [-0.4, -0.2) is 47.0 Å². The van der Waals surface area contributed by atoms with Gasteiger partial charge in [-0.2, -0.15) is 0 Å². The molecule has 0 aliphatic heterocycles. The highest BCUT2D eigenvalue weighted by Gasteiger charge is 2.07. The van der Waals surface area contributed by atoms with Crippen molar-refractivity contribution in [1.29, 1.82) is 0 Å². The minimum Gasteiger partial charge on any atom is -0.396 e. The maximum absolute atomic E-state index is 6.27. The van der Waals surface area contributed by atoms with Gasteiger partial charge in [0, 0.05) is 41.3 Å². The Kier molecular flexibility index (Phi) is 4.02. The lowest BCUT2D eigenvalue weighted by Crippen LogP contribution is -2.17. The van der Waals surface area contributed by atoms with Crippen molar-refractivity contribution in [3.05, 3.63) is 30.7 Å². The van der Waals surface area contributed by atoms with Crippen molar-refractivity contribution in [3.8, 4) is 0 Å². The Morgan fingerprint density at radius 1 is 1.23 bits per heavy atom. The predicted molar refractivity (Wildman–Crippen MR) is 90.9 cm³/mol. The molecule has 3 N–H and O–H groups in total. The molecule has 3 rings (SSSR count). The number of nitrogens with zero attached hydrogens (tertiary/aromatic N) is 4. The SMILES string of the molecule is CN(C)CCCNc1ncc2cc3cnccc3c(N)c2n1. The molecule has 0 saturated carbocycles. The maximum Gasteiger partial charge on any atom is 0.223 e. The molecule has 0 radical (unpaired) electrons. The molecule has 6 heteroatoms. The van der Waals surface area contributed by atoms with E-state index in [1.807, 2.05) is 12.1 Å². The van der Waals surface area contributed by atoms with E-state index in [-0.39, 0.29) is 0 Å². The quantitative estimate of drug-likeness (QED) is 0.426. The van der Waals surface area contributed by atoms with Gasteiger partial charge < -0.3 is 16.0 Å².